The summed E-state index contributed by atoms with van der Waals surface area (Å²) in [6, 6.07) is 0. The molecule has 0 bridgehead atoms. The van der Waals surface area contributed by atoms with Crippen molar-refractivity contribution in [1.29, 1.82) is 0 Å². The summed E-state index contributed by atoms with van der Waals surface area (Å²) in [5.74, 6) is 0. The van der Waals surface area contributed by atoms with Crippen LogP contribution in [0.25, 0.3) is 0 Å². The highest BCUT2D eigenvalue weighted by Crippen LogP contribution is 2.13. The number of hydrogen-bond donors (Lipinski definition) is 2. The Balaban J connectivity index is 4.19. The highest BCUT2D eigenvalue weighted by atomic mass is 16.3. The minimum Gasteiger partial charge on any atom is -0.374 e. The van der Waals surface area contributed by atoms with E-state index in [-0.39, 0.29) is 0 Å². The van der Waals surface area contributed by atoms with E-state index in [0.29, 0.717) is 13.0 Å². The van der Waals surface area contributed by atoms with Crippen LogP contribution in [0.5, 0.6) is 0 Å². The van der Waals surface area contributed by atoms with Crippen molar-refractivity contribution in [2.45, 2.75) is 32.9 Å². The highest BCUT2D eigenvalue weighted by Gasteiger charge is 2.28. The van der Waals surface area contributed by atoms with Crippen molar-refractivity contribution in [3.63, 3.8) is 0 Å². The lowest BCUT2D eigenvalue weighted by Crippen LogP contribution is -2.53. The van der Waals surface area contributed by atoms with Crippen molar-refractivity contribution < 1.29 is 5.11 Å². The molecular weight excluding hydrogens is 140 g/mol. The molecule has 0 aromatic rings. The Kier molecular flexibility index (Phi) is 4.65. The summed E-state index contributed by atoms with van der Waals surface area (Å²) in [7, 11) is 0. The monoisotopic (exact) mass is 160 g/mol. The van der Waals surface area contributed by atoms with Crippen molar-refractivity contribution in [2.24, 2.45) is 5.73 Å². The van der Waals surface area contributed by atoms with Gasteiger partial charge in [0.25, 0.3) is 0 Å². The van der Waals surface area contributed by atoms with Crippen LogP contribution in [0.15, 0.2) is 0 Å². The summed E-state index contributed by atoms with van der Waals surface area (Å²) in [6.07, 6.45) is 0.686. The Labute approximate surface area is 69.2 Å². The molecule has 0 saturated heterocycles. The van der Waals surface area contributed by atoms with Crippen LogP contribution in [0.2, 0.25) is 0 Å². The minimum absolute atomic E-state index is 0.311. The molecule has 0 saturated carbocycles. The van der Waals surface area contributed by atoms with Gasteiger partial charge in [-0.25, -0.2) is 0 Å². The van der Waals surface area contributed by atoms with E-state index in [1.165, 1.54) is 0 Å². The van der Waals surface area contributed by atoms with E-state index in [0.717, 1.165) is 13.1 Å². The van der Waals surface area contributed by atoms with E-state index < -0.39 is 5.72 Å². The molecule has 0 fully saturated rings. The first-order valence-electron chi connectivity index (χ1n) is 4.32. The van der Waals surface area contributed by atoms with Gasteiger partial charge < -0.3 is 10.8 Å². The first kappa shape index (κ1) is 10.9. The van der Waals surface area contributed by atoms with Crippen LogP contribution in [0.1, 0.15) is 27.2 Å². The SMILES string of the molecule is CCN(CC)C(O)(CC)CN. The van der Waals surface area contributed by atoms with Gasteiger partial charge in [-0.3, -0.25) is 4.90 Å². The van der Waals surface area contributed by atoms with Crippen LogP contribution in [-0.4, -0.2) is 35.4 Å². The van der Waals surface area contributed by atoms with E-state index in [1.807, 2.05) is 25.7 Å². The number of nitrogens with zero attached hydrogens (tertiary/aromatic N) is 1. The summed E-state index contributed by atoms with van der Waals surface area (Å²) in [4.78, 5) is 1.98. The highest BCUT2D eigenvalue weighted by molar-refractivity contribution is 4.77. The predicted molar refractivity (Wildman–Crippen MR) is 47.2 cm³/mol. The summed E-state index contributed by atoms with van der Waals surface area (Å²) in [5, 5.41) is 9.89. The quantitative estimate of drug-likeness (QED) is 0.572. The number of likely N-dealkylation sites (N-methyl/N-ethyl adjacent to an activating group) is 1. The molecule has 0 heterocycles. The van der Waals surface area contributed by atoms with Crippen LogP contribution in [0.4, 0.5) is 0 Å². The second kappa shape index (κ2) is 4.70. The lowest BCUT2D eigenvalue weighted by Gasteiger charge is -2.36. The van der Waals surface area contributed by atoms with Crippen LogP contribution >= 0.6 is 0 Å². The van der Waals surface area contributed by atoms with Gasteiger partial charge in [-0.05, 0) is 19.5 Å². The second-order valence-corrected chi connectivity index (χ2v) is 2.71. The third-order valence-electron chi connectivity index (χ3n) is 2.25. The molecule has 0 amide bonds. The van der Waals surface area contributed by atoms with Crippen LogP contribution in [0, 0.1) is 0 Å². The fourth-order valence-electron chi connectivity index (χ4n) is 1.31. The fraction of sp³-hybridized carbons (Fsp3) is 1.00. The molecule has 0 aliphatic heterocycles. The first-order valence-corrected chi connectivity index (χ1v) is 4.32. The van der Waals surface area contributed by atoms with E-state index >= 15 is 0 Å². The molecule has 1 unspecified atom stereocenters. The molecule has 1 atom stereocenters. The maximum Gasteiger partial charge on any atom is 0.130 e. The zero-order valence-corrected chi connectivity index (χ0v) is 7.80. The fourth-order valence-corrected chi connectivity index (χ4v) is 1.31. The van der Waals surface area contributed by atoms with Gasteiger partial charge in [-0.2, -0.15) is 0 Å². The van der Waals surface area contributed by atoms with Crippen LogP contribution in [-0.2, 0) is 0 Å². The van der Waals surface area contributed by atoms with Crippen molar-refractivity contribution in [3.05, 3.63) is 0 Å². The molecule has 0 aromatic carbocycles. The standard InChI is InChI=1S/C8H20N2O/c1-4-8(11,7-9)10(5-2)6-3/h11H,4-7,9H2,1-3H3. The molecular formula is C8H20N2O. The van der Waals surface area contributed by atoms with Crippen molar-refractivity contribution in [2.75, 3.05) is 19.6 Å². The van der Waals surface area contributed by atoms with Gasteiger partial charge in [0, 0.05) is 6.54 Å². The van der Waals surface area contributed by atoms with Gasteiger partial charge in [-0.1, -0.05) is 20.8 Å². The maximum absolute atomic E-state index is 9.89. The maximum atomic E-state index is 9.89. The normalized spacial score (nSPS) is 16.9. The molecule has 3 N–H and O–H groups in total. The first-order chi connectivity index (χ1) is 5.14. The number of hydrogen-bond acceptors (Lipinski definition) is 3. The Morgan fingerprint density at radius 3 is 1.82 bits per heavy atom. The van der Waals surface area contributed by atoms with Gasteiger partial charge in [0.1, 0.15) is 5.72 Å². The van der Waals surface area contributed by atoms with Crippen molar-refractivity contribution in [3.8, 4) is 0 Å². The van der Waals surface area contributed by atoms with Gasteiger partial charge in [0.2, 0.25) is 0 Å². The average molecular weight is 160 g/mol. The number of aliphatic hydroxyl groups is 1. The van der Waals surface area contributed by atoms with Crippen LogP contribution in [0.3, 0.4) is 0 Å². The lowest BCUT2D eigenvalue weighted by atomic mass is 10.1. The Hall–Kier alpha value is -0.120. The van der Waals surface area contributed by atoms with Gasteiger partial charge in [-0.15, -0.1) is 0 Å². The topological polar surface area (TPSA) is 49.5 Å². The molecule has 0 aliphatic carbocycles. The molecule has 11 heavy (non-hydrogen) atoms. The third kappa shape index (κ3) is 2.43. The lowest BCUT2D eigenvalue weighted by molar-refractivity contribution is -0.0986. The summed E-state index contributed by atoms with van der Waals surface area (Å²) < 4.78 is 0. The average Bonchev–Trinajstić information content (AvgIpc) is 2.06. The second-order valence-electron chi connectivity index (χ2n) is 2.71. The minimum atomic E-state index is -0.788. The van der Waals surface area contributed by atoms with E-state index in [1.54, 1.807) is 0 Å². The summed E-state index contributed by atoms with van der Waals surface area (Å²) in [5.41, 5.74) is 4.69. The zero-order valence-electron chi connectivity index (χ0n) is 7.80. The zero-order chi connectivity index (χ0) is 8.91. The van der Waals surface area contributed by atoms with Gasteiger partial charge in [0.05, 0.1) is 0 Å². The van der Waals surface area contributed by atoms with Gasteiger partial charge >= 0.3 is 0 Å². The van der Waals surface area contributed by atoms with Crippen LogP contribution < -0.4 is 5.73 Å². The summed E-state index contributed by atoms with van der Waals surface area (Å²) >= 11 is 0. The Morgan fingerprint density at radius 2 is 1.73 bits per heavy atom. The summed E-state index contributed by atoms with van der Waals surface area (Å²) in [6.45, 7) is 8.01. The Bertz CT molecular complexity index is 98.3. The molecule has 0 spiro atoms. The number of rotatable bonds is 5. The Morgan fingerprint density at radius 1 is 1.27 bits per heavy atom. The molecule has 3 nitrogen and oxygen atoms in total. The molecule has 0 aliphatic rings. The van der Waals surface area contributed by atoms with Crippen molar-refractivity contribution >= 4 is 0 Å². The molecule has 0 radical (unpaired) electrons. The molecule has 68 valence electrons. The number of nitrogens with two attached hydrogens (primary N) is 1. The molecule has 0 rings (SSSR count). The predicted octanol–water partition coefficient (Wildman–Crippen LogP) is 0.385. The smallest absolute Gasteiger partial charge is 0.130 e. The largest absolute Gasteiger partial charge is 0.374 e. The third-order valence-corrected chi connectivity index (χ3v) is 2.25. The molecule has 3 heteroatoms. The van der Waals surface area contributed by atoms with E-state index in [2.05, 4.69) is 0 Å². The van der Waals surface area contributed by atoms with E-state index in [9.17, 15) is 5.11 Å². The van der Waals surface area contributed by atoms with Gasteiger partial charge in [0.15, 0.2) is 0 Å². The molecule has 0 aromatic heterocycles. The van der Waals surface area contributed by atoms with Crippen molar-refractivity contribution in [1.82, 2.24) is 4.90 Å². The van der Waals surface area contributed by atoms with E-state index in [4.69, 9.17) is 5.73 Å².